The third-order valence-electron chi connectivity index (χ3n) is 4.89. The summed E-state index contributed by atoms with van der Waals surface area (Å²) in [5, 5.41) is 8.67. The van der Waals surface area contributed by atoms with E-state index in [0.29, 0.717) is 12.0 Å². The number of urea groups is 1. The lowest BCUT2D eigenvalue weighted by Crippen LogP contribution is -2.20. The Kier molecular flexibility index (Phi) is 7.80. The van der Waals surface area contributed by atoms with Gasteiger partial charge in [-0.25, -0.2) is 13.2 Å². The van der Waals surface area contributed by atoms with Crippen molar-refractivity contribution in [3.05, 3.63) is 64.9 Å². The summed E-state index contributed by atoms with van der Waals surface area (Å²) < 4.78 is 64.3. The second-order valence-electron chi connectivity index (χ2n) is 7.40. The van der Waals surface area contributed by atoms with Gasteiger partial charge < -0.3 is 10.6 Å². The fourth-order valence-corrected chi connectivity index (χ4v) is 5.26. The fourth-order valence-electron chi connectivity index (χ4n) is 3.21. The fraction of sp³-hybridized carbons (Fsp3) is 0.261. The maximum absolute atomic E-state index is 12.9. The van der Waals surface area contributed by atoms with Crippen LogP contribution in [0, 0.1) is 0 Å². The van der Waals surface area contributed by atoms with Crippen molar-refractivity contribution in [2.24, 2.45) is 0 Å². The van der Waals surface area contributed by atoms with Crippen molar-refractivity contribution in [2.75, 3.05) is 16.4 Å². The molecule has 2 amide bonds. The molecule has 0 aliphatic rings. The Morgan fingerprint density at radius 2 is 1.82 bits per heavy atom. The molecule has 2 N–H and O–H groups in total. The number of carbonyl (C=O) groups is 1. The molecule has 0 saturated carbocycles. The molecule has 5 nitrogen and oxygen atoms in total. The second kappa shape index (κ2) is 10.4. The summed E-state index contributed by atoms with van der Waals surface area (Å²) in [4.78, 5) is 12.7. The molecule has 0 aliphatic carbocycles. The zero-order chi connectivity index (χ0) is 24.1. The van der Waals surface area contributed by atoms with Crippen LogP contribution in [-0.4, -0.2) is 20.2 Å². The first kappa shape index (κ1) is 24.8. The first-order valence-electron chi connectivity index (χ1n) is 10.2. The Bertz CT molecular complexity index is 1210. The van der Waals surface area contributed by atoms with Crippen molar-refractivity contribution in [3.63, 3.8) is 0 Å². The van der Waals surface area contributed by atoms with Crippen LogP contribution in [0.2, 0.25) is 0 Å². The van der Waals surface area contributed by atoms with E-state index in [1.54, 1.807) is 6.07 Å². The number of thiophene rings is 1. The number of carbonyl (C=O) groups excluding carboxylic acids is 1. The maximum atomic E-state index is 12.9. The van der Waals surface area contributed by atoms with Crippen molar-refractivity contribution >= 4 is 38.6 Å². The predicted molar refractivity (Wildman–Crippen MR) is 125 cm³/mol. The molecule has 0 aliphatic heterocycles. The highest BCUT2D eigenvalue weighted by atomic mass is 32.2. The highest BCUT2D eigenvalue weighted by Gasteiger charge is 2.30. The van der Waals surface area contributed by atoms with Crippen LogP contribution >= 0.6 is 11.3 Å². The zero-order valence-electron chi connectivity index (χ0n) is 17.8. The standard InChI is InChI=1S/C23H23F3N2O3S2/c1-2-3-4-12-33(30,31)19-8-9-20(16-10-11-32-15-16)21(14-19)28-22(29)27-18-7-5-6-17(13-18)23(24,25)26/h5-11,13-15H,2-4,12H2,1H3,(H2,27,28,29). The van der Waals surface area contributed by atoms with Crippen molar-refractivity contribution in [2.45, 2.75) is 37.3 Å². The van der Waals surface area contributed by atoms with Crippen LogP contribution in [0.5, 0.6) is 0 Å². The molecule has 0 radical (unpaired) electrons. The minimum atomic E-state index is -4.54. The summed E-state index contributed by atoms with van der Waals surface area (Å²) in [6.07, 6.45) is -2.34. The first-order valence-corrected chi connectivity index (χ1v) is 12.8. The quantitative estimate of drug-likeness (QED) is 0.328. The summed E-state index contributed by atoms with van der Waals surface area (Å²) in [6.45, 7) is 1.98. The molecule has 3 aromatic rings. The first-order chi connectivity index (χ1) is 15.6. The van der Waals surface area contributed by atoms with Gasteiger partial charge in [0, 0.05) is 11.3 Å². The third kappa shape index (κ3) is 6.58. The van der Waals surface area contributed by atoms with Crippen molar-refractivity contribution in [1.29, 1.82) is 0 Å². The normalized spacial score (nSPS) is 11.9. The SMILES string of the molecule is CCCCCS(=O)(=O)c1ccc(-c2ccsc2)c(NC(=O)Nc2cccc(C(F)(F)F)c2)c1. The topological polar surface area (TPSA) is 75.3 Å². The summed E-state index contributed by atoms with van der Waals surface area (Å²) in [6, 6.07) is 9.82. The molecule has 10 heteroatoms. The summed E-state index contributed by atoms with van der Waals surface area (Å²) in [5.41, 5.74) is 0.698. The van der Waals surface area contributed by atoms with Gasteiger partial charge in [-0.2, -0.15) is 24.5 Å². The van der Waals surface area contributed by atoms with Crippen molar-refractivity contribution < 1.29 is 26.4 Å². The van der Waals surface area contributed by atoms with E-state index in [4.69, 9.17) is 0 Å². The zero-order valence-corrected chi connectivity index (χ0v) is 19.4. The summed E-state index contributed by atoms with van der Waals surface area (Å²) in [7, 11) is -3.55. The van der Waals surface area contributed by atoms with Crippen LogP contribution in [0.1, 0.15) is 31.7 Å². The lowest BCUT2D eigenvalue weighted by atomic mass is 10.1. The molecule has 3 rings (SSSR count). The molecule has 1 aromatic heterocycles. The average molecular weight is 497 g/mol. The molecule has 0 unspecified atom stereocenters. The lowest BCUT2D eigenvalue weighted by Gasteiger charge is -2.14. The molecule has 0 atom stereocenters. The second-order valence-corrected chi connectivity index (χ2v) is 10.3. The Labute approximate surface area is 194 Å². The van der Waals surface area contributed by atoms with E-state index < -0.39 is 27.6 Å². The molecule has 0 bridgehead atoms. The number of hydrogen-bond acceptors (Lipinski definition) is 4. The Morgan fingerprint density at radius 1 is 1.03 bits per heavy atom. The number of alkyl halides is 3. The van der Waals surface area contributed by atoms with Crippen molar-refractivity contribution in [3.8, 4) is 11.1 Å². The monoisotopic (exact) mass is 496 g/mol. The van der Waals surface area contributed by atoms with Crippen LogP contribution in [0.4, 0.5) is 29.3 Å². The van der Waals surface area contributed by atoms with Gasteiger partial charge in [0.2, 0.25) is 0 Å². The van der Waals surface area contributed by atoms with Crippen LogP contribution in [0.25, 0.3) is 11.1 Å². The molecular formula is C23H23F3N2O3S2. The van der Waals surface area contributed by atoms with Gasteiger partial charge in [0.25, 0.3) is 0 Å². The molecule has 176 valence electrons. The highest BCUT2D eigenvalue weighted by Crippen LogP contribution is 2.33. The van der Waals surface area contributed by atoms with Gasteiger partial charge in [0.15, 0.2) is 9.84 Å². The van der Waals surface area contributed by atoms with E-state index in [1.165, 1.54) is 35.6 Å². The number of nitrogens with one attached hydrogen (secondary N) is 2. The molecule has 33 heavy (non-hydrogen) atoms. The van der Waals surface area contributed by atoms with Crippen LogP contribution in [-0.2, 0) is 16.0 Å². The van der Waals surface area contributed by atoms with Crippen LogP contribution in [0.15, 0.2) is 64.2 Å². The third-order valence-corrected chi connectivity index (χ3v) is 7.38. The number of amides is 2. The lowest BCUT2D eigenvalue weighted by molar-refractivity contribution is -0.137. The Hall–Kier alpha value is -2.85. The number of halogens is 3. The van der Waals surface area contributed by atoms with E-state index in [9.17, 15) is 26.4 Å². The van der Waals surface area contributed by atoms with Gasteiger partial charge in [0.1, 0.15) is 0 Å². The van der Waals surface area contributed by atoms with E-state index in [-0.39, 0.29) is 22.0 Å². The molecule has 1 heterocycles. The molecule has 2 aromatic carbocycles. The number of rotatable bonds is 8. The predicted octanol–water partition coefficient (Wildman–Crippen LogP) is 7.04. The minimum absolute atomic E-state index is 0.00545. The Morgan fingerprint density at radius 3 is 2.48 bits per heavy atom. The minimum Gasteiger partial charge on any atom is -0.308 e. The highest BCUT2D eigenvalue weighted by molar-refractivity contribution is 7.91. The van der Waals surface area contributed by atoms with E-state index >= 15 is 0 Å². The van der Waals surface area contributed by atoms with E-state index in [2.05, 4.69) is 10.6 Å². The van der Waals surface area contributed by atoms with Gasteiger partial charge in [0.05, 0.1) is 21.9 Å². The average Bonchev–Trinajstić information content (AvgIpc) is 3.28. The van der Waals surface area contributed by atoms with Gasteiger partial charge in [-0.1, -0.05) is 31.9 Å². The molecule has 0 saturated heterocycles. The number of hydrogen-bond donors (Lipinski definition) is 2. The van der Waals surface area contributed by atoms with E-state index in [0.717, 1.165) is 30.5 Å². The van der Waals surface area contributed by atoms with Crippen LogP contribution < -0.4 is 10.6 Å². The number of unbranched alkanes of at least 4 members (excludes halogenated alkanes) is 2. The van der Waals surface area contributed by atoms with Gasteiger partial charge >= 0.3 is 12.2 Å². The van der Waals surface area contributed by atoms with Crippen molar-refractivity contribution in [1.82, 2.24) is 0 Å². The van der Waals surface area contributed by atoms with E-state index in [1.807, 2.05) is 23.8 Å². The van der Waals surface area contributed by atoms with Gasteiger partial charge in [-0.05, 0) is 59.1 Å². The smallest absolute Gasteiger partial charge is 0.308 e. The van der Waals surface area contributed by atoms with Gasteiger partial charge in [-0.15, -0.1) is 0 Å². The molecule has 0 fully saturated rings. The van der Waals surface area contributed by atoms with Gasteiger partial charge in [-0.3, -0.25) is 0 Å². The van der Waals surface area contributed by atoms with Crippen LogP contribution in [0.3, 0.4) is 0 Å². The summed E-state index contributed by atoms with van der Waals surface area (Å²) >= 11 is 1.44. The molecule has 0 spiro atoms. The largest absolute Gasteiger partial charge is 0.416 e. The number of anilines is 2. The summed E-state index contributed by atoms with van der Waals surface area (Å²) in [5.74, 6) is -0.00545. The Balaban J connectivity index is 1.88. The molecular weight excluding hydrogens is 473 g/mol. The maximum Gasteiger partial charge on any atom is 0.416 e. The number of benzene rings is 2. The number of sulfone groups is 1.